The summed E-state index contributed by atoms with van der Waals surface area (Å²) in [6.45, 7) is 2.24. The average molecular weight is 291 g/mol. The molecule has 0 atom stereocenters. The van der Waals surface area contributed by atoms with E-state index in [1.54, 1.807) is 19.1 Å². The summed E-state index contributed by atoms with van der Waals surface area (Å²) in [7, 11) is -3.67. The zero-order valence-electron chi connectivity index (χ0n) is 11.2. The summed E-state index contributed by atoms with van der Waals surface area (Å²) in [5, 5.41) is 5.12. The molecular weight excluding hydrogens is 274 g/mol. The van der Waals surface area contributed by atoms with Crippen LogP contribution in [-0.2, 0) is 16.4 Å². The summed E-state index contributed by atoms with van der Waals surface area (Å²) in [5.74, 6) is 0.644. The summed E-state index contributed by atoms with van der Waals surface area (Å²) >= 11 is 0. The molecule has 4 nitrogen and oxygen atoms in total. The lowest BCUT2D eigenvalue weighted by Gasteiger charge is -2.09. The lowest BCUT2D eigenvalue weighted by molar-refractivity contribution is 0.321. The number of rotatable bonds is 5. The zero-order valence-corrected chi connectivity index (χ0v) is 12.1. The van der Waals surface area contributed by atoms with E-state index < -0.39 is 10.0 Å². The van der Waals surface area contributed by atoms with Crippen LogP contribution in [0.4, 0.5) is 0 Å². The van der Waals surface area contributed by atoms with Crippen LogP contribution < -0.4 is 9.88 Å². The molecule has 0 saturated carbocycles. The van der Waals surface area contributed by atoms with Crippen LogP contribution in [0.2, 0.25) is 0 Å². The van der Waals surface area contributed by atoms with Crippen molar-refractivity contribution in [1.29, 1.82) is 0 Å². The Morgan fingerprint density at radius 2 is 1.80 bits per heavy atom. The highest BCUT2D eigenvalue weighted by Crippen LogP contribution is 2.20. The normalized spacial score (nSPS) is 11.3. The zero-order chi connectivity index (χ0) is 14.6. The van der Waals surface area contributed by atoms with Gasteiger partial charge in [-0.2, -0.15) is 0 Å². The summed E-state index contributed by atoms with van der Waals surface area (Å²) < 4.78 is 28.2. The minimum Gasteiger partial charge on any atom is -0.493 e. The molecule has 0 spiro atoms. The van der Waals surface area contributed by atoms with E-state index in [1.807, 2.05) is 30.3 Å². The number of nitrogens with two attached hydrogens (primary N) is 1. The Balaban J connectivity index is 1.99. The molecule has 2 aromatic rings. The van der Waals surface area contributed by atoms with Crippen LogP contribution in [0.5, 0.6) is 5.75 Å². The monoisotopic (exact) mass is 291 g/mol. The Labute approximate surface area is 119 Å². The van der Waals surface area contributed by atoms with Gasteiger partial charge in [-0.15, -0.1) is 0 Å². The van der Waals surface area contributed by atoms with Gasteiger partial charge in [0.1, 0.15) is 5.75 Å². The maximum Gasteiger partial charge on any atom is 0.238 e. The standard InChI is InChI=1S/C15H17NO3S/c1-12-11-14(7-8-15(12)20(16,17)18)19-10-9-13-5-3-2-4-6-13/h2-8,11H,9-10H2,1H3,(H2,16,17,18). The topological polar surface area (TPSA) is 69.4 Å². The third kappa shape index (κ3) is 3.82. The molecular formula is C15H17NO3S. The molecule has 0 saturated heterocycles. The van der Waals surface area contributed by atoms with Crippen molar-refractivity contribution in [2.75, 3.05) is 6.61 Å². The lowest BCUT2D eigenvalue weighted by atomic mass is 10.2. The number of sulfonamides is 1. The highest BCUT2D eigenvalue weighted by atomic mass is 32.2. The first kappa shape index (κ1) is 14.6. The van der Waals surface area contributed by atoms with Crippen molar-refractivity contribution in [3.8, 4) is 5.75 Å². The molecule has 0 bridgehead atoms. The first-order chi connectivity index (χ1) is 9.47. The predicted octanol–water partition coefficient (Wildman–Crippen LogP) is 2.26. The van der Waals surface area contributed by atoms with Crippen molar-refractivity contribution in [3.63, 3.8) is 0 Å². The van der Waals surface area contributed by atoms with Gasteiger partial charge < -0.3 is 4.74 Å². The fourth-order valence-corrected chi connectivity index (χ4v) is 2.73. The minimum absolute atomic E-state index is 0.132. The second kappa shape index (κ2) is 6.07. The van der Waals surface area contributed by atoms with E-state index in [0.29, 0.717) is 17.9 Å². The molecule has 0 aromatic heterocycles. The molecule has 0 aliphatic carbocycles. The molecule has 106 valence electrons. The summed E-state index contributed by atoms with van der Waals surface area (Å²) in [5.41, 5.74) is 1.79. The maximum atomic E-state index is 11.3. The molecule has 0 radical (unpaired) electrons. The number of ether oxygens (including phenoxy) is 1. The van der Waals surface area contributed by atoms with Gasteiger partial charge in [0, 0.05) is 6.42 Å². The van der Waals surface area contributed by atoms with E-state index in [9.17, 15) is 8.42 Å². The van der Waals surface area contributed by atoms with Crippen molar-refractivity contribution in [2.45, 2.75) is 18.2 Å². The number of aryl methyl sites for hydroxylation is 1. The molecule has 5 heteroatoms. The van der Waals surface area contributed by atoms with Gasteiger partial charge in [-0.05, 0) is 36.2 Å². The highest BCUT2D eigenvalue weighted by Gasteiger charge is 2.11. The fourth-order valence-electron chi connectivity index (χ4n) is 1.96. The number of primary sulfonamides is 1. The molecule has 0 unspecified atom stereocenters. The van der Waals surface area contributed by atoms with Crippen molar-refractivity contribution in [3.05, 3.63) is 59.7 Å². The van der Waals surface area contributed by atoms with Crippen LogP contribution in [0.3, 0.4) is 0 Å². The third-order valence-electron chi connectivity index (χ3n) is 2.96. The molecule has 0 aliphatic rings. The molecule has 0 fully saturated rings. The van der Waals surface area contributed by atoms with Gasteiger partial charge >= 0.3 is 0 Å². The summed E-state index contributed by atoms with van der Waals surface area (Å²) in [6.07, 6.45) is 0.802. The van der Waals surface area contributed by atoms with E-state index in [2.05, 4.69) is 0 Å². The van der Waals surface area contributed by atoms with Crippen LogP contribution in [0.15, 0.2) is 53.4 Å². The average Bonchev–Trinajstić information content (AvgIpc) is 2.38. The second-order valence-corrected chi connectivity index (χ2v) is 6.09. The largest absolute Gasteiger partial charge is 0.493 e. The van der Waals surface area contributed by atoms with Gasteiger partial charge in [0.15, 0.2) is 0 Å². The molecule has 20 heavy (non-hydrogen) atoms. The Morgan fingerprint density at radius 1 is 1.10 bits per heavy atom. The van der Waals surface area contributed by atoms with Crippen LogP contribution in [0, 0.1) is 6.92 Å². The fraction of sp³-hybridized carbons (Fsp3) is 0.200. The first-order valence-corrected chi connectivity index (χ1v) is 7.81. The lowest BCUT2D eigenvalue weighted by Crippen LogP contribution is -2.13. The highest BCUT2D eigenvalue weighted by molar-refractivity contribution is 7.89. The van der Waals surface area contributed by atoms with E-state index in [-0.39, 0.29) is 4.90 Å². The van der Waals surface area contributed by atoms with E-state index in [4.69, 9.17) is 9.88 Å². The van der Waals surface area contributed by atoms with Crippen molar-refractivity contribution in [2.24, 2.45) is 5.14 Å². The van der Waals surface area contributed by atoms with E-state index in [0.717, 1.165) is 6.42 Å². The summed E-state index contributed by atoms with van der Waals surface area (Å²) in [6, 6.07) is 14.8. The Bertz CT molecular complexity index is 682. The van der Waals surface area contributed by atoms with Gasteiger partial charge in [-0.1, -0.05) is 30.3 Å². The molecule has 0 amide bonds. The maximum absolute atomic E-state index is 11.3. The Kier molecular flexibility index (Phi) is 4.42. The Hall–Kier alpha value is -1.85. The Morgan fingerprint density at radius 3 is 2.40 bits per heavy atom. The van der Waals surface area contributed by atoms with Gasteiger partial charge in [-0.25, -0.2) is 13.6 Å². The van der Waals surface area contributed by atoms with E-state index in [1.165, 1.54) is 11.6 Å². The predicted molar refractivity (Wildman–Crippen MR) is 78.2 cm³/mol. The first-order valence-electron chi connectivity index (χ1n) is 6.27. The molecule has 2 aromatic carbocycles. The van der Waals surface area contributed by atoms with Crippen molar-refractivity contribution in [1.82, 2.24) is 0 Å². The smallest absolute Gasteiger partial charge is 0.238 e. The van der Waals surface area contributed by atoms with Gasteiger partial charge in [0.25, 0.3) is 0 Å². The second-order valence-electron chi connectivity index (χ2n) is 4.56. The van der Waals surface area contributed by atoms with Gasteiger partial charge in [0.05, 0.1) is 11.5 Å². The van der Waals surface area contributed by atoms with Gasteiger partial charge in [-0.3, -0.25) is 0 Å². The molecule has 2 N–H and O–H groups in total. The van der Waals surface area contributed by atoms with Crippen LogP contribution in [0.1, 0.15) is 11.1 Å². The summed E-state index contributed by atoms with van der Waals surface area (Å²) in [4.78, 5) is 0.132. The van der Waals surface area contributed by atoms with Crippen molar-refractivity contribution < 1.29 is 13.2 Å². The molecule has 0 heterocycles. The van der Waals surface area contributed by atoms with Gasteiger partial charge in [0.2, 0.25) is 10.0 Å². The number of hydrogen-bond donors (Lipinski definition) is 1. The van der Waals surface area contributed by atoms with E-state index >= 15 is 0 Å². The minimum atomic E-state index is -3.67. The number of benzene rings is 2. The number of hydrogen-bond acceptors (Lipinski definition) is 3. The molecule has 0 aliphatic heterocycles. The third-order valence-corrected chi connectivity index (χ3v) is 4.03. The molecule has 2 rings (SSSR count). The van der Waals surface area contributed by atoms with Crippen LogP contribution in [-0.4, -0.2) is 15.0 Å². The quantitative estimate of drug-likeness (QED) is 0.918. The SMILES string of the molecule is Cc1cc(OCCc2ccccc2)ccc1S(N)(=O)=O. The van der Waals surface area contributed by atoms with Crippen molar-refractivity contribution >= 4 is 10.0 Å². The van der Waals surface area contributed by atoms with Crippen LogP contribution >= 0.6 is 0 Å². The van der Waals surface area contributed by atoms with Crippen LogP contribution in [0.25, 0.3) is 0 Å².